The van der Waals surface area contributed by atoms with Crippen molar-refractivity contribution in [3.05, 3.63) is 24.3 Å². The molecule has 0 aromatic heterocycles. The van der Waals surface area contributed by atoms with Crippen LogP contribution in [0.25, 0.3) is 0 Å². The van der Waals surface area contributed by atoms with Gasteiger partial charge in [-0.15, -0.1) is 11.8 Å². The number of thioether (sulfide) groups is 1. The fraction of sp³-hybridized carbons (Fsp3) is 0.222. The van der Waals surface area contributed by atoms with E-state index < -0.39 is 6.98 Å². The third-order valence-electron chi connectivity index (χ3n) is 1.41. The summed E-state index contributed by atoms with van der Waals surface area (Å²) in [5.41, 5.74) is 0.393. The summed E-state index contributed by atoms with van der Waals surface area (Å²) in [6.07, 6.45) is 3.57. The fourth-order valence-corrected chi connectivity index (χ4v) is 1.26. The quantitative estimate of drug-likeness (QED) is 0.401. The fourth-order valence-electron chi connectivity index (χ4n) is 0.807. The Labute approximate surface area is 81.0 Å². The van der Waals surface area contributed by atoms with E-state index >= 15 is 0 Å². The predicted octanol–water partition coefficient (Wildman–Crippen LogP) is 2.33. The van der Waals surface area contributed by atoms with Gasteiger partial charge in [0, 0.05) is 16.0 Å². The lowest BCUT2D eigenvalue weighted by atomic mass is 10.3. The molecule has 0 heterocycles. The minimum Gasteiger partial charge on any atom is -0.283 e. The first-order valence-corrected chi connectivity index (χ1v) is 4.55. The summed E-state index contributed by atoms with van der Waals surface area (Å²) in [4.78, 5) is 1.66. The number of benzene rings is 1. The molecule has 1 rings (SSSR count). The summed E-state index contributed by atoms with van der Waals surface area (Å²) in [7, 11) is 0. The molecule has 0 unspecified atom stereocenters. The topological polar surface area (TPSA) is 27.0 Å². The molecule has 0 saturated carbocycles. The molecule has 0 spiro atoms. The Morgan fingerprint density at radius 3 is 3.08 bits per heavy atom. The Balaban J connectivity index is 3.09. The largest absolute Gasteiger partial charge is 0.283 e. The van der Waals surface area contributed by atoms with E-state index in [4.69, 9.17) is 9.37 Å². The highest BCUT2D eigenvalue weighted by atomic mass is 32.2. The third-order valence-corrected chi connectivity index (χ3v) is 2.14. The van der Waals surface area contributed by atoms with Crippen molar-refractivity contribution in [2.45, 2.75) is 4.90 Å². The van der Waals surface area contributed by atoms with Crippen molar-refractivity contribution in [2.75, 3.05) is 18.1 Å². The van der Waals surface area contributed by atoms with Crippen LogP contribution in [0, 0.1) is 11.5 Å². The second-order valence-electron chi connectivity index (χ2n) is 2.14. The Bertz CT molecular complexity index is 384. The van der Waals surface area contributed by atoms with Gasteiger partial charge in [-0.05, 0) is 24.5 Å². The van der Waals surface area contributed by atoms with E-state index in [1.165, 1.54) is 11.8 Å². The van der Waals surface area contributed by atoms with Gasteiger partial charge in [-0.3, -0.25) is 4.90 Å². The summed E-state index contributed by atoms with van der Waals surface area (Å²) in [6.45, 7) is -2.42. The van der Waals surface area contributed by atoms with E-state index in [9.17, 15) is 0 Å². The monoisotopic (exact) mass is 184 g/mol. The molecule has 1 aromatic carbocycles. The average molecular weight is 184 g/mol. The molecule has 0 radical (unpaired) electrons. The summed E-state index contributed by atoms with van der Waals surface area (Å²) in [6, 6.07) is 6.88. The highest BCUT2D eigenvalue weighted by molar-refractivity contribution is 7.98. The number of anilines is 1. The lowest BCUT2D eigenvalue weighted by Crippen LogP contribution is -2.07. The molecule has 12 heavy (non-hydrogen) atoms. The molecule has 0 N–H and O–H groups in total. The molecule has 1 aromatic rings. The summed E-state index contributed by atoms with van der Waals surface area (Å²) in [5.74, 6) is 0. The Hall–Kier alpha value is -1.14. The second kappa shape index (κ2) is 4.03. The predicted molar refractivity (Wildman–Crippen MR) is 52.2 cm³/mol. The van der Waals surface area contributed by atoms with Crippen LogP contribution in [0.1, 0.15) is 4.11 Å². The van der Waals surface area contributed by atoms with Crippen molar-refractivity contribution in [3.8, 4) is 6.19 Å². The molecule has 0 atom stereocenters. The normalized spacial score (nSPS) is 13.8. The summed E-state index contributed by atoms with van der Waals surface area (Å²) < 4.78 is 21.6. The Kier molecular flexibility index (Phi) is 1.85. The van der Waals surface area contributed by atoms with Crippen molar-refractivity contribution >= 4 is 17.4 Å². The van der Waals surface area contributed by atoms with E-state index in [1.807, 2.05) is 12.3 Å². The molecule has 0 amide bonds. The molecular formula is C9H10N2S. The van der Waals surface area contributed by atoms with E-state index in [2.05, 4.69) is 0 Å². The lowest BCUT2D eigenvalue weighted by molar-refractivity contribution is 1.19. The van der Waals surface area contributed by atoms with Crippen LogP contribution in [0.3, 0.4) is 0 Å². The Morgan fingerprint density at radius 2 is 2.50 bits per heavy atom. The molecule has 0 aliphatic carbocycles. The maximum absolute atomic E-state index is 8.79. The summed E-state index contributed by atoms with van der Waals surface area (Å²) in [5, 5.41) is 8.79. The van der Waals surface area contributed by atoms with Crippen LogP contribution in [0.4, 0.5) is 5.69 Å². The van der Waals surface area contributed by atoms with Crippen molar-refractivity contribution in [1.29, 1.82) is 5.26 Å². The SMILES string of the molecule is [3H]C([3H])([3H])N(C#N)c1cccc(SC)c1. The van der Waals surface area contributed by atoms with Gasteiger partial charge in [0.15, 0.2) is 6.19 Å². The van der Waals surface area contributed by atoms with Gasteiger partial charge in [-0.25, -0.2) is 0 Å². The van der Waals surface area contributed by atoms with Crippen molar-refractivity contribution < 1.29 is 4.11 Å². The number of nitriles is 1. The lowest BCUT2D eigenvalue weighted by Gasteiger charge is -2.08. The van der Waals surface area contributed by atoms with E-state index in [0.29, 0.717) is 5.69 Å². The highest BCUT2D eigenvalue weighted by Gasteiger charge is 1.98. The molecule has 2 nitrogen and oxygen atoms in total. The van der Waals surface area contributed by atoms with Gasteiger partial charge in [-0.1, -0.05) is 6.07 Å². The second-order valence-corrected chi connectivity index (χ2v) is 3.02. The van der Waals surface area contributed by atoms with Gasteiger partial charge >= 0.3 is 0 Å². The smallest absolute Gasteiger partial charge is 0.183 e. The van der Waals surface area contributed by atoms with Crippen LogP contribution >= 0.6 is 11.8 Å². The molecule has 0 aliphatic rings. The maximum Gasteiger partial charge on any atom is 0.183 e. The highest BCUT2D eigenvalue weighted by Crippen LogP contribution is 2.20. The molecular weight excluding hydrogens is 168 g/mol. The molecule has 0 fully saturated rings. The molecule has 3 heteroatoms. The maximum atomic E-state index is 8.79. The number of hydrogen-bond acceptors (Lipinski definition) is 3. The van der Waals surface area contributed by atoms with E-state index in [0.717, 1.165) is 9.80 Å². The van der Waals surface area contributed by atoms with Crippen LogP contribution < -0.4 is 4.90 Å². The van der Waals surface area contributed by atoms with Crippen LogP contribution in [-0.2, 0) is 0 Å². The van der Waals surface area contributed by atoms with Gasteiger partial charge in [0.1, 0.15) is 0 Å². The van der Waals surface area contributed by atoms with E-state index in [-0.39, 0.29) is 0 Å². The van der Waals surface area contributed by atoms with Gasteiger partial charge < -0.3 is 0 Å². The van der Waals surface area contributed by atoms with Crippen LogP contribution in [-0.4, -0.2) is 13.2 Å². The zero-order chi connectivity index (χ0) is 11.5. The van der Waals surface area contributed by atoms with E-state index in [1.54, 1.807) is 24.4 Å². The van der Waals surface area contributed by atoms with Gasteiger partial charge in [0.2, 0.25) is 0 Å². The zero-order valence-electron chi connectivity index (χ0n) is 9.61. The third kappa shape index (κ3) is 1.93. The average Bonchev–Trinajstić information content (AvgIpc) is 2.17. The van der Waals surface area contributed by atoms with Crippen molar-refractivity contribution in [3.63, 3.8) is 0 Å². The van der Waals surface area contributed by atoms with Crippen LogP contribution in [0.15, 0.2) is 29.2 Å². The molecule has 62 valence electrons. The number of nitrogens with zero attached hydrogens (tertiary/aromatic N) is 2. The zero-order valence-corrected chi connectivity index (χ0v) is 7.43. The minimum absolute atomic E-state index is 0.393. The van der Waals surface area contributed by atoms with Gasteiger partial charge in [0.25, 0.3) is 0 Å². The molecule has 0 saturated heterocycles. The van der Waals surface area contributed by atoms with Crippen LogP contribution in [0.2, 0.25) is 0 Å². The first kappa shape index (κ1) is 5.50. The van der Waals surface area contributed by atoms with Crippen molar-refractivity contribution in [1.82, 2.24) is 0 Å². The first-order chi connectivity index (χ1) is 6.99. The van der Waals surface area contributed by atoms with Gasteiger partial charge in [0.05, 0.1) is 5.69 Å². The molecule has 0 aliphatic heterocycles. The number of hydrogen-bond donors (Lipinski definition) is 0. The van der Waals surface area contributed by atoms with Crippen molar-refractivity contribution in [2.24, 2.45) is 0 Å². The molecule has 0 bridgehead atoms. The minimum atomic E-state index is -2.42. The Morgan fingerprint density at radius 1 is 1.67 bits per heavy atom. The van der Waals surface area contributed by atoms with Crippen LogP contribution in [0.5, 0.6) is 0 Å². The van der Waals surface area contributed by atoms with Gasteiger partial charge in [-0.2, -0.15) is 5.26 Å². The number of rotatable bonds is 2. The summed E-state index contributed by atoms with van der Waals surface area (Å²) >= 11 is 1.50. The first-order valence-electron chi connectivity index (χ1n) is 4.83. The standard InChI is InChI=1S/C9H10N2S/c1-11(7-10)8-4-3-5-9(6-8)12-2/h3-6H,1-2H3/i1T3.